The number of hydrogen-bond donors (Lipinski definition) is 1. The van der Waals surface area contributed by atoms with Crippen molar-refractivity contribution in [2.45, 2.75) is 51.5 Å². The molecule has 5 nitrogen and oxygen atoms in total. The largest absolute Gasteiger partial charge is 0.464 e. The van der Waals surface area contributed by atoms with Gasteiger partial charge < -0.3 is 10.1 Å². The number of anilines is 1. The molecule has 1 N–H and O–H groups in total. The van der Waals surface area contributed by atoms with Crippen molar-refractivity contribution in [2.75, 3.05) is 12.4 Å². The highest BCUT2D eigenvalue weighted by molar-refractivity contribution is 7.17. The lowest BCUT2D eigenvalue weighted by atomic mass is 10.1. The summed E-state index contributed by atoms with van der Waals surface area (Å²) in [7, 11) is 1.30. The molecule has 1 saturated carbocycles. The highest BCUT2D eigenvalue weighted by Gasteiger charge is 2.23. The Bertz CT molecular complexity index is 491. The standard InChI is InChI=1S/C14H20N2O3S/c1-9(17)12-11(13(18)19-2)16-14(20-12)15-10-7-5-3-4-6-8-10/h10H,3-8H2,1-2H3,(H,15,16). The van der Waals surface area contributed by atoms with E-state index >= 15 is 0 Å². The maximum absolute atomic E-state index is 11.6. The van der Waals surface area contributed by atoms with Crippen LogP contribution in [0.2, 0.25) is 0 Å². The topological polar surface area (TPSA) is 68.3 Å². The normalized spacial score (nSPS) is 16.5. The second kappa shape index (κ2) is 6.83. The number of hydrogen-bond acceptors (Lipinski definition) is 6. The van der Waals surface area contributed by atoms with Crippen LogP contribution in [0.4, 0.5) is 5.13 Å². The van der Waals surface area contributed by atoms with E-state index in [9.17, 15) is 9.59 Å². The maximum Gasteiger partial charge on any atom is 0.358 e. The Labute approximate surface area is 122 Å². The van der Waals surface area contributed by atoms with Gasteiger partial charge in [-0.25, -0.2) is 9.78 Å². The van der Waals surface area contributed by atoms with Crippen molar-refractivity contribution in [1.29, 1.82) is 0 Å². The fraction of sp³-hybridized carbons (Fsp3) is 0.643. The van der Waals surface area contributed by atoms with E-state index in [4.69, 9.17) is 0 Å². The summed E-state index contributed by atoms with van der Waals surface area (Å²) in [5.74, 6) is -0.711. The molecule has 1 aromatic rings. The highest BCUT2D eigenvalue weighted by atomic mass is 32.1. The molecule has 0 radical (unpaired) electrons. The van der Waals surface area contributed by atoms with Crippen LogP contribution in [0.25, 0.3) is 0 Å². The van der Waals surface area contributed by atoms with Gasteiger partial charge in [-0.05, 0) is 12.8 Å². The van der Waals surface area contributed by atoms with Gasteiger partial charge in [0.2, 0.25) is 0 Å². The molecule has 0 spiro atoms. The van der Waals surface area contributed by atoms with Gasteiger partial charge in [-0.15, -0.1) is 0 Å². The number of Topliss-reactive ketones (excluding diaryl/α,β-unsaturated/α-hetero) is 1. The van der Waals surface area contributed by atoms with Crippen LogP contribution in [-0.2, 0) is 4.74 Å². The Balaban J connectivity index is 2.15. The Hall–Kier alpha value is -1.43. The lowest BCUT2D eigenvalue weighted by Crippen LogP contribution is -2.18. The average molecular weight is 296 g/mol. The van der Waals surface area contributed by atoms with Gasteiger partial charge in [-0.3, -0.25) is 4.79 Å². The zero-order chi connectivity index (χ0) is 14.5. The van der Waals surface area contributed by atoms with Crippen molar-refractivity contribution in [3.63, 3.8) is 0 Å². The second-order valence-electron chi connectivity index (χ2n) is 5.08. The van der Waals surface area contributed by atoms with Gasteiger partial charge in [-0.2, -0.15) is 0 Å². The summed E-state index contributed by atoms with van der Waals surface area (Å²) in [5.41, 5.74) is 0.126. The van der Waals surface area contributed by atoms with E-state index in [1.165, 1.54) is 51.1 Å². The van der Waals surface area contributed by atoms with Crippen molar-refractivity contribution in [3.05, 3.63) is 10.6 Å². The summed E-state index contributed by atoms with van der Waals surface area (Å²) in [4.78, 5) is 27.8. The number of thiazole rings is 1. The van der Waals surface area contributed by atoms with Crippen molar-refractivity contribution in [1.82, 2.24) is 4.98 Å². The number of nitrogens with zero attached hydrogens (tertiary/aromatic N) is 1. The van der Waals surface area contributed by atoms with Crippen LogP contribution in [0.5, 0.6) is 0 Å². The Morgan fingerprint density at radius 3 is 2.45 bits per heavy atom. The van der Waals surface area contributed by atoms with Crippen LogP contribution in [0.3, 0.4) is 0 Å². The van der Waals surface area contributed by atoms with E-state index in [1.807, 2.05) is 0 Å². The fourth-order valence-corrected chi connectivity index (χ4v) is 3.38. The van der Waals surface area contributed by atoms with Crippen LogP contribution in [-0.4, -0.2) is 29.9 Å². The Kier molecular flexibility index (Phi) is 5.11. The van der Waals surface area contributed by atoms with E-state index in [2.05, 4.69) is 15.0 Å². The molecule has 1 aromatic heterocycles. The molecule has 0 amide bonds. The summed E-state index contributed by atoms with van der Waals surface area (Å²) in [5, 5.41) is 4.00. The predicted molar refractivity (Wildman–Crippen MR) is 78.6 cm³/mol. The summed E-state index contributed by atoms with van der Waals surface area (Å²) >= 11 is 1.24. The van der Waals surface area contributed by atoms with Gasteiger partial charge in [0.25, 0.3) is 0 Å². The SMILES string of the molecule is COC(=O)c1nc(NC2CCCCCC2)sc1C(C)=O. The third-order valence-electron chi connectivity index (χ3n) is 3.51. The van der Waals surface area contributed by atoms with Gasteiger partial charge in [-0.1, -0.05) is 37.0 Å². The smallest absolute Gasteiger partial charge is 0.358 e. The minimum absolute atomic E-state index is 0.126. The van der Waals surface area contributed by atoms with Gasteiger partial charge in [0.1, 0.15) is 4.88 Å². The number of ether oxygens (including phenoxy) is 1. The van der Waals surface area contributed by atoms with Crippen LogP contribution >= 0.6 is 11.3 Å². The molecule has 0 saturated heterocycles. The van der Waals surface area contributed by atoms with Crippen molar-refractivity contribution in [2.24, 2.45) is 0 Å². The monoisotopic (exact) mass is 296 g/mol. The molecule has 1 aliphatic carbocycles. The number of carbonyl (C=O) groups excluding carboxylic acids is 2. The average Bonchev–Trinajstić information content (AvgIpc) is 2.68. The molecule has 0 aromatic carbocycles. The van der Waals surface area contributed by atoms with Gasteiger partial charge >= 0.3 is 5.97 Å². The molecule has 0 unspecified atom stereocenters. The summed E-state index contributed by atoms with van der Waals surface area (Å²) in [6, 6.07) is 0.383. The molecule has 20 heavy (non-hydrogen) atoms. The quantitative estimate of drug-likeness (QED) is 0.524. The zero-order valence-corrected chi connectivity index (χ0v) is 12.7. The van der Waals surface area contributed by atoms with E-state index in [-0.39, 0.29) is 11.5 Å². The fourth-order valence-electron chi connectivity index (χ4n) is 2.45. The molecule has 1 aliphatic rings. The predicted octanol–water partition coefficient (Wildman–Crippen LogP) is 3.27. The van der Waals surface area contributed by atoms with Crippen LogP contribution in [0, 0.1) is 0 Å². The summed E-state index contributed by atoms with van der Waals surface area (Å²) in [6.07, 6.45) is 7.22. The van der Waals surface area contributed by atoms with E-state index in [0.29, 0.717) is 16.1 Å². The molecule has 0 aliphatic heterocycles. The lowest BCUT2D eigenvalue weighted by Gasteiger charge is -2.14. The van der Waals surface area contributed by atoms with Gasteiger partial charge in [0.05, 0.1) is 7.11 Å². The minimum atomic E-state index is -0.555. The number of carbonyl (C=O) groups is 2. The minimum Gasteiger partial charge on any atom is -0.464 e. The third kappa shape index (κ3) is 3.56. The van der Waals surface area contributed by atoms with Crippen molar-refractivity contribution in [3.8, 4) is 0 Å². The van der Waals surface area contributed by atoms with Crippen molar-refractivity contribution < 1.29 is 14.3 Å². The first-order chi connectivity index (χ1) is 9.61. The molecule has 0 bridgehead atoms. The maximum atomic E-state index is 11.6. The van der Waals surface area contributed by atoms with E-state index < -0.39 is 5.97 Å². The van der Waals surface area contributed by atoms with Gasteiger partial charge in [0.15, 0.2) is 16.6 Å². The lowest BCUT2D eigenvalue weighted by molar-refractivity contribution is 0.0591. The van der Waals surface area contributed by atoms with E-state index in [1.54, 1.807) is 0 Å². The number of nitrogens with one attached hydrogen (secondary N) is 1. The van der Waals surface area contributed by atoms with E-state index in [0.717, 1.165) is 12.8 Å². The number of ketones is 1. The third-order valence-corrected chi connectivity index (χ3v) is 4.60. The Morgan fingerprint density at radius 2 is 1.90 bits per heavy atom. The van der Waals surface area contributed by atoms with Gasteiger partial charge in [0, 0.05) is 13.0 Å². The molecule has 2 rings (SSSR count). The first kappa shape index (κ1) is 15.0. The molecular weight excluding hydrogens is 276 g/mol. The number of rotatable bonds is 4. The molecule has 1 heterocycles. The van der Waals surface area contributed by atoms with Crippen molar-refractivity contribution >= 4 is 28.2 Å². The van der Waals surface area contributed by atoms with Crippen LogP contribution in [0.1, 0.15) is 65.6 Å². The molecule has 1 fully saturated rings. The first-order valence-corrected chi connectivity index (χ1v) is 7.80. The molecule has 6 heteroatoms. The first-order valence-electron chi connectivity index (χ1n) is 6.98. The Morgan fingerprint density at radius 1 is 1.25 bits per heavy atom. The number of esters is 1. The molecule has 0 atom stereocenters. The highest BCUT2D eigenvalue weighted by Crippen LogP contribution is 2.27. The molecule has 110 valence electrons. The second-order valence-corrected chi connectivity index (χ2v) is 6.08. The number of aromatic nitrogens is 1. The summed E-state index contributed by atoms with van der Waals surface area (Å²) in [6.45, 7) is 1.44. The summed E-state index contributed by atoms with van der Waals surface area (Å²) < 4.78 is 4.68. The van der Waals surface area contributed by atoms with Crippen LogP contribution < -0.4 is 5.32 Å². The zero-order valence-electron chi connectivity index (χ0n) is 11.9. The molecular formula is C14H20N2O3S. The van der Waals surface area contributed by atoms with Crippen LogP contribution in [0.15, 0.2) is 0 Å². The number of methoxy groups -OCH3 is 1.